The Kier molecular flexibility index (Phi) is 3.63. The standard InChI is InChI=1S/C19H22N2O2/c1-19(18(23)20-2)10-15-7-12-5-6-13(17(22)21(3)4)8-14(12)9-16(15)11-19/h5-9H,10-11H2,1-4H3,(H,20,23). The fourth-order valence-electron chi connectivity index (χ4n) is 3.48. The third-order valence-electron chi connectivity index (χ3n) is 4.75. The Balaban J connectivity index is 2.03. The molecule has 0 heterocycles. The van der Waals surface area contributed by atoms with Crippen molar-refractivity contribution in [3.05, 3.63) is 47.0 Å². The second kappa shape index (κ2) is 5.37. The smallest absolute Gasteiger partial charge is 0.253 e. The van der Waals surface area contributed by atoms with E-state index < -0.39 is 0 Å². The van der Waals surface area contributed by atoms with Gasteiger partial charge in [-0.25, -0.2) is 0 Å². The first-order valence-corrected chi connectivity index (χ1v) is 7.83. The number of fused-ring (bicyclic) bond motifs is 2. The first kappa shape index (κ1) is 15.5. The van der Waals surface area contributed by atoms with E-state index in [9.17, 15) is 9.59 Å². The average molecular weight is 310 g/mol. The number of rotatable bonds is 2. The minimum Gasteiger partial charge on any atom is -0.359 e. The monoisotopic (exact) mass is 310 g/mol. The first-order chi connectivity index (χ1) is 10.8. The van der Waals surface area contributed by atoms with Gasteiger partial charge in [-0.3, -0.25) is 9.59 Å². The van der Waals surface area contributed by atoms with Gasteiger partial charge >= 0.3 is 0 Å². The maximum Gasteiger partial charge on any atom is 0.253 e. The van der Waals surface area contributed by atoms with Crippen LogP contribution in [-0.4, -0.2) is 37.9 Å². The zero-order chi connectivity index (χ0) is 16.8. The van der Waals surface area contributed by atoms with Crippen molar-refractivity contribution in [2.75, 3.05) is 21.1 Å². The lowest BCUT2D eigenvalue weighted by molar-refractivity contribution is -0.129. The fraction of sp³-hybridized carbons (Fsp3) is 0.368. The molecule has 1 N–H and O–H groups in total. The molecule has 4 nitrogen and oxygen atoms in total. The largest absolute Gasteiger partial charge is 0.359 e. The second-order valence-electron chi connectivity index (χ2n) is 6.88. The molecule has 0 aliphatic heterocycles. The molecule has 3 rings (SSSR count). The number of hydrogen-bond donors (Lipinski definition) is 1. The minimum atomic E-state index is -0.378. The average Bonchev–Trinajstić information content (AvgIpc) is 2.86. The number of hydrogen-bond acceptors (Lipinski definition) is 2. The van der Waals surface area contributed by atoms with Crippen molar-refractivity contribution < 1.29 is 9.59 Å². The SMILES string of the molecule is CNC(=O)C1(C)Cc2cc3ccc(C(=O)N(C)C)cc3cc2C1. The third-order valence-corrected chi connectivity index (χ3v) is 4.75. The van der Waals surface area contributed by atoms with Gasteiger partial charge in [0.2, 0.25) is 5.91 Å². The molecule has 0 fully saturated rings. The van der Waals surface area contributed by atoms with Crippen LogP contribution in [0.5, 0.6) is 0 Å². The Morgan fingerprint density at radius 1 is 1.04 bits per heavy atom. The number of nitrogens with zero attached hydrogens (tertiary/aromatic N) is 1. The molecule has 1 unspecified atom stereocenters. The van der Waals surface area contributed by atoms with Crippen LogP contribution < -0.4 is 5.32 Å². The molecule has 0 radical (unpaired) electrons. The maximum atomic E-state index is 12.2. The Hall–Kier alpha value is -2.36. The summed E-state index contributed by atoms with van der Waals surface area (Å²) in [5.41, 5.74) is 2.75. The molecule has 0 saturated heterocycles. The van der Waals surface area contributed by atoms with E-state index in [1.807, 2.05) is 25.1 Å². The van der Waals surface area contributed by atoms with Gasteiger partial charge in [-0.1, -0.05) is 25.1 Å². The Morgan fingerprint density at radius 3 is 2.22 bits per heavy atom. The highest BCUT2D eigenvalue weighted by Gasteiger charge is 2.39. The zero-order valence-corrected chi connectivity index (χ0v) is 14.1. The lowest BCUT2D eigenvalue weighted by Crippen LogP contribution is -2.37. The van der Waals surface area contributed by atoms with Crippen molar-refractivity contribution in [3.63, 3.8) is 0 Å². The molecular weight excluding hydrogens is 288 g/mol. The van der Waals surface area contributed by atoms with Crippen molar-refractivity contribution >= 4 is 22.6 Å². The van der Waals surface area contributed by atoms with Crippen LogP contribution in [-0.2, 0) is 17.6 Å². The van der Waals surface area contributed by atoms with Crippen LogP contribution in [0.3, 0.4) is 0 Å². The van der Waals surface area contributed by atoms with Crippen molar-refractivity contribution in [1.82, 2.24) is 10.2 Å². The normalized spacial score (nSPS) is 19.5. The van der Waals surface area contributed by atoms with Crippen LogP contribution in [0.2, 0.25) is 0 Å². The Labute approximate surface area is 136 Å². The fourth-order valence-corrected chi connectivity index (χ4v) is 3.48. The molecule has 2 aromatic carbocycles. The van der Waals surface area contributed by atoms with Gasteiger partial charge in [0.05, 0.1) is 5.41 Å². The molecule has 4 heteroatoms. The molecule has 1 atom stereocenters. The quantitative estimate of drug-likeness (QED) is 0.926. The zero-order valence-electron chi connectivity index (χ0n) is 14.1. The molecule has 23 heavy (non-hydrogen) atoms. The summed E-state index contributed by atoms with van der Waals surface area (Å²) in [5, 5.41) is 4.94. The van der Waals surface area contributed by atoms with Crippen molar-refractivity contribution in [2.24, 2.45) is 5.41 Å². The van der Waals surface area contributed by atoms with Crippen LogP contribution in [0.4, 0.5) is 0 Å². The predicted molar refractivity (Wildman–Crippen MR) is 91.5 cm³/mol. The van der Waals surface area contributed by atoms with E-state index in [0.717, 1.165) is 23.6 Å². The van der Waals surface area contributed by atoms with E-state index in [1.165, 1.54) is 11.1 Å². The summed E-state index contributed by atoms with van der Waals surface area (Å²) in [6.45, 7) is 2.01. The van der Waals surface area contributed by atoms with Crippen LogP contribution >= 0.6 is 0 Å². The highest BCUT2D eigenvalue weighted by Crippen LogP contribution is 2.39. The van der Waals surface area contributed by atoms with Gasteiger partial charge in [0.1, 0.15) is 0 Å². The number of nitrogens with one attached hydrogen (secondary N) is 1. The molecular formula is C19H22N2O2. The van der Waals surface area contributed by atoms with E-state index in [0.29, 0.717) is 5.56 Å². The first-order valence-electron chi connectivity index (χ1n) is 7.83. The summed E-state index contributed by atoms with van der Waals surface area (Å²) >= 11 is 0. The van der Waals surface area contributed by atoms with Crippen LogP contribution in [0, 0.1) is 5.41 Å². The van der Waals surface area contributed by atoms with Gasteiger partial charge in [-0.15, -0.1) is 0 Å². The number of amides is 2. The molecule has 2 aromatic rings. The third kappa shape index (κ3) is 2.58. The molecule has 0 aromatic heterocycles. The van der Waals surface area contributed by atoms with Gasteiger partial charge in [-0.2, -0.15) is 0 Å². The van der Waals surface area contributed by atoms with Crippen molar-refractivity contribution in [3.8, 4) is 0 Å². The van der Waals surface area contributed by atoms with E-state index in [-0.39, 0.29) is 17.2 Å². The molecule has 0 bridgehead atoms. The van der Waals surface area contributed by atoms with E-state index >= 15 is 0 Å². The molecule has 2 amide bonds. The van der Waals surface area contributed by atoms with Gasteiger partial charge < -0.3 is 10.2 Å². The van der Waals surface area contributed by atoms with E-state index in [4.69, 9.17) is 0 Å². The lowest BCUT2D eigenvalue weighted by atomic mass is 9.86. The summed E-state index contributed by atoms with van der Waals surface area (Å²) in [4.78, 5) is 25.9. The summed E-state index contributed by atoms with van der Waals surface area (Å²) < 4.78 is 0. The van der Waals surface area contributed by atoms with Crippen LogP contribution in [0.15, 0.2) is 30.3 Å². The Morgan fingerprint density at radius 2 is 1.65 bits per heavy atom. The van der Waals surface area contributed by atoms with Crippen LogP contribution in [0.1, 0.15) is 28.4 Å². The van der Waals surface area contributed by atoms with Crippen molar-refractivity contribution in [2.45, 2.75) is 19.8 Å². The van der Waals surface area contributed by atoms with Gasteiger partial charge in [0.25, 0.3) is 5.91 Å². The lowest BCUT2D eigenvalue weighted by Gasteiger charge is -2.20. The summed E-state index contributed by atoms with van der Waals surface area (Å²) in [6.07, 6.45) is 1.50. The van der Waals surface area contributed by atoms with Gasteiger partial charge in [0.15, 0.2) is 0 Å². The summed E-state index contributed by atoms with van der Waals surface area (Å²) in [6, 6.07) is 10.1. The number of benzene rings is 2. The highest BCUT2D eigenvalue weighted by molar-refractivity contribution is 5.99. The summed E-state index contributed by atoms with van der Waals surface area (Å²) in [5.74, 6) is 0.0869. The summed E-state index contributed by atoms with van der Waals surface area (Å²) in [7, 11) is 5.19. The van der Waals surface area contributed by atoms with E-state index in [2.05, 4.69) is 17.4 Å². The molecule has 0 spiro atoms. The van der Waals surface area contributed by atoms with Crippen LogP contribution in [0.25, 0.3) is 10.8 Å². The molecule has 1 aliphatic carbocycles. The maximum absolute atomic E-state index is 12.2. The molecule has 120 valence electrons. The number of carbonyl (C=O) groups excluding carboxylic acids is 2. The Bertz CT molecular complexity index is 810. The topological polar surface area (TPSA) is 49.4 Å². The van der Waals surface area contributed by atoms with Crippen molar-refractivity contribution in [1.29, 1.82) is 0 Å². The van der Waals surface area contributed by atoms with Gasteiger partial charge in [-0.05, 0) is 46.9 Å². The van der Waals surface area contributed by atoms with Gasteiger partial charge in [0, 0.05) is 26.7 Å². The highest BCUT2D eigenvalue weighted by atomic mass is 16.2. The molecule has 1 aliphatic rings. The minimum absolute atomic E-state index is 0.00241. The predicted octanol–water partition coefficient (Wildman–Crippen LogP) is 2.39. The second-order valence-corrected chi connectivity index (χ2v) is 6.88. The number of carbonyl (C=O) groups is 2. The molecule has 0 saturated carbocycles. The van der Waals surface area contributed by atoms with E-state index in [1.54, 1.807) is 26.0 Å².